The SMILES string of the molecule is COc1ccc2nc(NC(=O)NC(=O)c3cc(-n4cccn4)c(C#N)cc3Cl)sc2c1. The van der Waals surface area contributed by atoms with Crippen LogP contribution in [0.3, 0.4) is 0 Å². The van der Waals surface area contributed by atoms with Crippen molar-refractivity contribution in [2.45, 2.75) is 0 Å². The van der Waals surface area contributed by atoms with Gasteiger partial charge in [0.1, 0.15) is 11.8 Å². The summed E-state index contributed by atoms with van der Waals surface area (Å²) in [5, 5.41) is 18.5. The van der Waals surface area contributed by atoms with Crippen molar-refractivity contribution in [2.24, 2.45) is 0 Å². The molecule has 0 saturated heterocycles. The van der Waals surface area contributed by atoms with Crippen molar-refractivity contribution >= 4 is 50.2 Å². The molecule has 154 valence electrons. The summed E-state index contributed by atoms with van der Waals surface area (Å²) in [6.07, 6.45) is 3.16. The molecule has 0 spiro atoms. The fourth-order valence-electron chi connectivity index (χ4n) is 2.81. The molecule has 0 bridgehead atoms. The number of fused-ring (bicyclic) bond motifs is 1. The number of nitrogens with zero attached hydrogens (tertiary/aromatic N) is 4. The van der Waals surface area contributed by atoms with E-state index in [1.165, 1.54) is 34.3 Å². The van der Waals surface area contributed by atoms with Gasteiger partial charge in [-0.15, -0.1) is 0 Å². The normalized spacial score (nSPS) is 10.5. The Morgan fingerprint density at radius 1 is 1.29 bits per heavy atom. The Hall–Kier alpha value is -3.94. The van der Waals surface area contributed by atoms with E-state index in [9.17, 15) is 14.9 Å². The number of rotatable bonds is 4. The molecular weight excluding hydrogens is 440 g/mol. The molecular formula is C20H13ClN6O3S. The first kappa shape index (κ1) is 20.3. The number of ether oxygens (including phenoxy) is 1. The van der Waals surface area contributed by atoms with Crippen LogP contribution in [0.5, 0.6) is 5.75 Å². The number of urea groups is 1. The Morgan fingerprint density at radius 3 is 2.84 bits per heavy atom. The maximum atomic E-state index is 12.6. The van der Waals surface area contributed by atoms with Gasteiger partial charge in [-0.05, 0) is 36.4 Å². The highest BCUT2D eigenvalue weighted by Crippen LogP contribution is 2.29. The molecule has 0 atom stereocenters. The summed E-state index contributed by atoms with van der Waals surface area (Å²) in [5.41, 5.74) is 1.31. The van der Waals surface area contributed by atoms with Crippen LogP contribution in [0.25, 0.3) is 15.9 Å². The fraction of sp³-hybridized carbons (Fsp3) is 0.0500. The molecule has 9 nitrogen and oxygen atoms in total. The number of aromatic nitrogens is 3. The van der Waals surface area contributed by atoms with Gasteiger partial charge in [-0.1, -0.05) is 22.9 Å². The number of thiazole rings is 1. The van der Waals surface area contributed by atoms with Crippen molar-refractivity contribution < 1.29 is 14.3 Å². The minimum Gasteiger partial charge on any atom is -0.497 e. The standard InChI is InChI=1S/C20H13ClN6O3S/c1-30-12-3-4-15-17(8-12)31-20(24-15)26-19(29)25-18(28)13-9-16(27-6-2-5-23-27)11(10-22)7-14(13)21/h2-9H,1H3,(H2,24,25,26,28,29). The first-order valence-electron chi connectivity index (χ1n) is 8.79. The lowest BCUT2D eigenvalue weighted by Crippen LogP contribution is -2.34. The summed E-state index contributed by atoms with van der Waals surface area (Å²) in [4.78, 5) is 29.3. The number of nitrogens with one attached hydrogen (secondary N) is 2. The smallest absolute Gasteiger partial charge is 0.327 e. The average molecular weight is 453 g/mol. The summed E-state index contributed by atoms with van der Waals surface area (Å²) >= 11 is 7.41. The van der Waals surface area contributed by atoms with Gasteiger partial charge < -0.3 is 4.74 Å². The molecule has 3 amide bonds. The van der Waals surface area contributed by atoms with E-state index in [1.807, 2.05) is 6.07 Å². The lowest BCUT2D eigenvalue weighted by atomic mass is 10.1. The molecule has 0 aliphatic carbocycles. The van der Waals surface area contributed by atoms with Crippen LogP contribution in [-0.2, 0) is 0 Å². The van der Waals surface area contributed by atoms with Crippen molar-refractivity contribution in [3.05, 3.63) is 64.9 Å². The number of carbonyl (C=O) groups is 2. The number of imide groups is 1. The Balaban J connectivity index is 1.53. The summed E-state index contributed by atoms with van der Waals surface area (Å²) in [7, 11) is 1.56. The Labute approximate surface area is 184 Å². The van der Waals surface area contributed by atoms with Gasteiger partial charge in [0.25, 0.3) is 5.91 Å². The summed E-state index contributed by atoms with van der Waals surface area (Å²) < 4.78 is 7.43. The summed E-state index contributed by atoms with van der Waals surface area (Å²) in [6, 6.07) is 11.0. The third-order valence-electron chi connectivity index (χ3n) is 4.24. The predicted molar refractivity (Wildman–Crippen MR) is 116 cm³/mol. The molecule has 2 aromatic heterocycles. The number of nitriles is 1. The summed E-state index contributed by atoms with van der Waals surface area (Å²) in [5.74, 6) is -0.0612. The maximum Gasteiger partial charge on any atom is 0.327 e. The second kappa shape index (κ2) is 8.43. The van der Waals surface area contributed by atoms with Crippen molar-refractivity contribution in [1.29, 1.82) is 5.26 Å². The monoisotopic (exact) mass is 452 g/mol. The Kier molecular flexibility index (Phi) is 5.53. The van der Waals surface area contributed by atoms with Gasteiger partial charge in [-0.3, -0.25) is 15.4 Å². The third kappa shape index (κ3) is 4.18. The Morgan fingerprint density at radius 2 is 2.13 bits per heavy atom. The van der Waals surface area contributed by atoms with Crippen LogP contribution in [0.1, 0.15) is 15.9 Å². The van der Waals surface area contributed by atoms with E-state index in [-0.39, 0.29) is 16.1 Å². The van der Waals surface area contributed by atoms with Crippen LogP contribution in [0, 0.1) is 11.3 Å². The fourth-order valence-corrected chi connectivity index (χ4v) is 3.95. The van der Waals surface area contributed by atoms with Crippen LogP contribution in [0.15, 0.2) is 48.8 Å². The van der Waals surface area contributed by atoms with E-state index in [2.05, 4.69) is 20.7 Å². The molecule has 2 N–H and O–H groups in total. The molecule has 4 rings (SSSR count). The average Bonchev–Trinajstić information content (AvgIpc) is 3.42. The third-order valence-corrected chi connectivity index (χ3v) is 5.49. The largest absolute Gasteiger partial charge is 0.497 e. The number of hydrogen-bond donors (Lipinski definition) is 2. The number of methoxy groups -OCH3 is 1. The van der Waals surface area contributed by atoms with Crippen LogP contribution >= 0.6 is 22.9 Å². The lowest BCUT2D eigenvalue weighted by Gasteiger charge is -2.10. The van der Waals surface area contributed by atoms with Crippen LogP contribution < -0.4 is 15.4 Å². The zero-order valence-corrected chi connectivity index (χ0v) is 17.5. The number of amides is 3. The van der Waals surface area contributed by atoms with Crippen molar-refractivity contribution in [1.82, 2.24) is 20.1 Å². The molecule has 2 heterocycles. The number of benzene rings is 2. The molecule has 0 fully saturated rings. The molecule has 0 radical (unpaired) electrons. The van der Waals surface area contributed by atoms with Gasteiger partial charge in [-0.25, -0.2) is 14.5 Å². The highest BCUT2D eigenvalue weighted by molar-refractivity contribution is 7.22. The molecule has 4 aromatic rings. The summed E-state index contributed by atoms with van der Waals surface area (Å²) in [6.45, 7) is 0. The van der Waals surface area contributed by atoms with E-state index >= 15 is 0 Å². The maximum absolute atomic E-state index is 12.6. The topological polar surface area (TPSA) is 122 Å². The van der Waals surface area contributed by atoms with E-state index in [0.717, 1.165) is 4.70 Å². The number of anilines is 1. The van der Waals surface area contributed by atoms with Gasteiger partial charge in [0.2, 0.25) is 0 Å². The number of hydrogen-bond acceptors (Lipinski definition) is 7. The van der Waals surface area contributed by atoms with Crippen molar-refractivity contribution in [3.63, 3.8) is 0 Å². The van der Waals surface area contributed by atoms with Crippen LogP contribution in [0.2, 0.25) is 5.02 Å². The van der Waals surface area contributed by atoms with Gasteiger partial charge in [0.05, 0.1) is 39.2 Å². The zero-order valence-electron chi connectivity index (χ0n) is 15.9. The van der Waals surface area contributed by atoms with Crippen molar-refractivity contribution in [3.8, 4) is 17.5 Å². The van der Waals surface area contributed by atoms with Gasteiger partial charge >= 0.3 is 6.03 Å². The molecule has 31 heavy (non-hydrogen) atoms. The Bertz CT molecular complexity index is 1340. The first-order chi connectivity index (χ1) is 15.0. The molecule has 2 aromatic carbocycles. The van der Waals surface area contributed by atoms with Crippen molar-refractivity contribution in [2.75, 3.05) is 12.4 Å². The molecule has 0 saturated carbocycles. The van der Waals surface area contributed by atoms with E-state index < -0.39 is 11.9 Å². The van der Waals surface area contributed by atoms with Gasteiger partial charge in [-0.2, -0.15) is 10.4 Å². The first-order valence-corrected chi connectivity index (χ1v) is 9.98. The highest BCUT2D eigenvalue weighted by atomic mass is 35.5. The lowest BCUT2D eigenvalue weighted by molar-refractivity contribution is 0.0967. The van der Waals surface area contributed by atoms with Gasteiger partial charge in [0.15, 0.2) is 5.13 Å². The second-order valence-electron chi connectivity index (χ2n) is 6.17. The number of halogens is 1. The minimum absolute atomic E-state index is 0.0235. The molecule has 11 heteroatoms. The van der Waals surface area contributed by atoms with Crippen LogP contribution in [0.4, 0.5) is 9.93 Å². The van der Waals surface area contributed by atoms with E-state index in [1.54, 1.807) is 37.6 Å². The number of carbonyl (C=O) groups excluding carboxylic acids is 2. The van der Waals surface area contributed by atoms with E-state index in [4.69, 9.17) is 16.3 Å². The highest BCUT2D eigenvalue weighted by Gasteiger charge is 2.19. The van der Waals surface area contributed by atoms with Gasteiger partial charge in [0, 0.05) is 12.4 Å². The minimum atomic E-state index is -0.767. The second-order valence-corrected chi connectivity index (χ2v) is 7.61. The zero-order chi connectivity index (χ0) is 22.0. The molecule has 0 aliphatic heterocycles. The quantitative estimate of drug-likeness (QED) is 0.483. The molecule has 0 aliphatic rings. The van der Waals surface area contributed by atoms with E-state index in [0.29, 0.717) is 22.1 Å². The predicted octanol–water partition coefficient (Wildman–Crippen LogP) is 3.98. The van der Waals surface area contributed by atoms with Crippen LogP contribution in [-0.4, -0.2) is 33.8 Å². The molecule has 0 unspecified atom stereocenters.